The first-order valence-electron chi connectivity index (χ1n) is 6.45. The molecule has 1 aromatic rings. The van der Waals surface area contributed by atoms with Crippen molar-refractivity contribution in [2.75, 3.05) is 11.4 Å². The molecule has 3 rings (SSSR count). The summed E-state index contributed by atoms with van der Waals surface area (Å²) in [4.78, 5) is 13.6. The zero-order valence-corrected chi connectivity index (χ0v) is 9.98. The quantitative estimate of drug-likeness (QED) is 0.858. The van der Waals surface area contributed by atoms with Gasteiger partial charge in [0.1, 0.15) is 0 Å². The smallest absolute Gasteiger partial charge is 0.227 e. The largest absolute Gasteiger partial charge is 0.312 e. The Morgan fingerprint density at radius 3 is 2.94 bits per heavy atom. The molecule has 90 valence electrons. The standard InChI is InChI=1S/C14H18N2O/c17-14-5-2-8-16(14)13-4-1-3-11(9-13)10-15-12-6-7-12/h1,3-4,9,12,15H,2,5-8,10H2. The van der Waals surface area contributed by atoms with Gasteiger partial charge < -0.3 is 10.2 Å². The van der Waals surface area contributed by atoms with E-state index in [0.29, 0.717) is 6.42 Å². The number of anilines is 1. The van der Waals surface area contributed by atoms with Crippen molar-refractivity contribution in [1.29, 1.82) is 0 Å². The van der Waals surface area contributed by atoms with Gasteiger partial charge in [-0.1, -0.05) is 12.1 Å². The maximum atomic E-state index is 11.7. The van der Waals surface area contributed by atoms with E-state index >= 15 is 0 Å². The third-order valence-electron chi connectivity index (χ3n) is 3.47. The lowest BCUT2D eigenvalue weighted by Gasteiger charge is -2.16. The van der Waals surface area contributed by atoms with Crippen molar-refractivity contribution in [2.45, 2.75) is 38.3 Å². The summed E-state index contributed by atoms with van der Waals surface area (Å²) in [5, 5.41) is 3.50. The fraction of sp³-hybridized carbons (Fsp3) is 0.500. The summed E-state index contributed by atoms with van der Waals surface area (Å²) in [6, 6.07) is 9.07. The third-order valence-corrected chi connectivity index (χ3v) is 3.47. The first-order chi connectivity index (χ1) is 8.33. The van der Waals surface area contributed by atoms with Crippen LogP contribution < -0.4 is 10.2 Å². The highest BCUT2D eigenvalue weighted by Gasteiger charge is 2.22. The highest BCUT2D eigenvalue weighted by molar-refractivity contribution is 5.95. The number of nitrogens with zero attached hydrogens (tertiary/aromatic N) is 1. The molecule has 2 fully saturated rings. The van der Waals surface area contributed by atoms with Gasteiger partial charge in [-0.05, 0) is 37.0 Å². The molecular formula is C14H18N2O. The summed E-state index contributed by atoms with van der Waals surface area (Å²) in [6.07, 6.45) is 4.31. The number of nitrogens with one attached hydrogen (secondary N) is 1. The normalized spacial score (nSPS) is 20.0. The van der Waals surface area contributed by atoms with Crippen molar-refractivity contribution in [3.05, 3.63) is 29.8 Å². The van der Waals surface area contributed by atoms with E-state index in [0.717, 1.165) is 31.2 Å². The zero-order valence-electron chi connectivity index (χ0n) is 9.98. The fourth-order valence-electron chi connectivity index (χ4n) is 2.31. The Hall–Kier alpha value is -1.35. The molecule has 0 radical (unpaired) electrons. The van der Waals surface area contributed by atoms with Gasteiger partial charge in [0.15, 0.2) is 0 Å². The maximum Gasteiger partial charge on any atom is 0.227 e. The molecule has 17 heavy (non-hydrogen) atoms. The number of amides is 1. The Morgan fingerprint density at radius 1 is 1.35 bits per heavy atom. The fourth-order valence-corrected chi connectivity index (χ4v) is 2.31. The minimum Gasteiger partial charge on any atom is -0.312 e. The summed E-state index contributed by atoms with van der Waals surface area (Å²) in [6.45, 7) is 1.79. The van der Waals surface area contributed by atoms with E-state index in [-0.39, 0.29) is 5.91 Å². The summed E-state index contributed by atoms with van der Waals surface area (Å²) in [5.41, 5.74) is 2.33. The monoisotopic (exact) mass is 230 g/mol. The predicted molar refractivity (Wildman–Crippen MR) is 67.9 cm³/mol. The molecule has 2 aliphatic rings. The minimum atomic E-state index is 0.261. The lowest BCUT2D eigenvalue weighted by atomic mass is 10.2. The third kappa shape index (κ3) is 2.50. The number of rotatable bonds is 4. The van der Waals surface area contributed by atoms with Gasteiger partial charge in [-0.2, -0.15) is 0 Å². The molecule has 3 heteroatoms. The van der Waals surface area contributed by atoms with Crippen LogP contribution in [0.1, 0.15) is 31.2 Å². The van der Waals surface area contributed by atoms with Crippen LogP contribution in [0.3, 0.4) is 0 Å². The van der Waals surface area contributed by atoms with Crippen LogP contribution in [0.5, 0.6) is 0 Å². The predicted octanol–water partition coefficient (Wildman–Crippen LogP) is 2.07. The van der Waals surface area contributed by atoms with Crippen LogP contribution in [-0.4, -0.2) is 18.5 Å². The Balaban J connectivity index is 1.70. The first kappa shape index (κ1) is 10.8. The van der Waals surface area contributed by atoms with Crippen molar-refractivity contribution in [2.24, 2.45) is 0 Å². The van der Waals surface area contributed by atoms with Gasteiger partial charge in [-0.15, -0.1) is 0 Å². The van der Waals surface area contributed by atoms with Crippen molar-refractivity contribution >= 4 is 11.6 Å². The summed E-state index contributed by atoms with van der Waals surface area (Å²) < 4.78 is 0. The van der Waals surface area contributed by atoms with Gasteiger partial charge in [0.2, 0.25) is 5.91 Å². The lowest BCUT2D eigenvalue weighted by Crippen LogP contribution is -2.24. The minimum absolute atomic E-state index is 0.261. The van der Waals surface area contributed by atoms with Crippen molar-refractivity contribution in [3.8, 4) is 0 Å². The van der Waals surface area contributed by atoms with Crippen molar-refractivity contribution < 1.29 is 4.79 Å². The second kappa shape index (κ2) is 4.49. The molecule has 1 saturated carbocycles. The molecule has 1 N–H and O–H groups in total. The molecule has 0 spiro atoms. The van der Waals surface area contributed by atoms with Gasteiger partial charge in [0, 0.05) is 31.2 Å². The van der Waals surface area contributed by atoms with Crippen molar-refractivity contribution in [3.63, 3.8) is 0 Å². The average Bonchev–Trinajstić information content (AvgIpc) is 3.08. The Morgan fingerprint density at radius 2 is 2.24 bits per heavy atom. The number of carbonyl (C=O) groups is 1. The van der Waals surface area contributed by atoms with Gasteiger partial charge in [0.25, 0.3) is 0 Å². The molecule has 0 bridgehead atoms. The second-order valence-electron chi connectivity index (χ2n) is 4.97. The van der Waals surface area contributed by atoms with Crippen molar-refractivity contribution in [1.82, 2.24) is 5.32 Å². The highest BCUT2D eigenvalue weighted by atomic mass is 16.2. The molecule has 1 heterocycles. The van der Waals surface area contributed by atoms with Gasteiger partial charge in [0.05, 0.1) is 0 Å². The molecule has 1 saturated heterocycles. The first-order valence-corrected chi connectivity index (χ1v) is 6.45. The number of hydrogen-bond acceptors (Lipinski definition) is 2. The molecule has 1 amide bonds. The zero-order chi connectivity index (χ0) is 11.7. The molecular weight excluding hydrogens is 212 g/mol. The van der Waals surface area contributed by atoms with E-state index in [4.69, 9.17) is 0 Å². The van der Waals surface area contributed by atoms with Crippen LogP contribution in [0.15, 0.2) is 24.3 Å². The van der Waals surface area contributed by atoms with Gasteiger partial charge in [-0.3, -0.25) is 4.79 Å². The lowest BCUT2D eigenvalue weighted by molar-refractivity contribution is -0.117. The maximum absolute atomic E-state index is 11.7. The summed E-state index contributed by atoms with van der Waals surface area (Å²) in [5.74, 6) is 0.261. The van der Waals surface area contributed by atoms with Crippen LogP contribution in [0.2, 0.25) is 0 Å². The Labute approximate surface area is 102 Å². The Kier molecular flexibility index (Phi) is 2.85. The van der Waals surface area contributed by atoms with Crippen LogP contribution >= 0.6 is 0 Å². The van der Waals surface area contributed by atoms with Crippen LogP contribution in [0.25, 0.3) is 0 Å². The summed E-state index contributed by atoms with van der Waals surface area (Å²) in [7, 11) is 0. The van der Waals surface area contributed by atoms with E-state index < -0.39 is 0 Å². The molecule has 1 aromatic carbocycles. The SMILES string of the molecule is O=C1CCCN1c1cccc(CNC2CC2)c1. The van der Waals surface area contributed by atoms with E-state index in [1.165, 1.54) is 18.4 Å². The number of carbonyl (C=O) groups excluding carboxylic acids is 1. The van der Waals surface area contributed by atoms with E-state index in [9.17, 15) is 4.79 Å². The van der Waals surface area contributed by atoms with E-state index in [2.05, 4.69) is 17.4 Å². The van der Waals surface area contributed by atoms with Crippen LogP contribution in [0.4, 0.5) is 5.69 Å². The number of benzene rings is 1. The van der Waals surface area contributed by atoms with Gasteiger partial charge >= 0.3 is 0 Å². The molecule has 1 aliphatic carbocycles. The van der Waals surface area contributed by atoms with E-state index in [1.54, 1.807) is 0 Å². The van der Waals surface area contributed by atoms with Crippen LogP contribution in [-0.2, 0) is 11.3 Å². The average molecular weight is 230 g/mol. The molecule has 0 aromatic heterocycles. The molecule has 1 aliphatic heterocycles. The summed E-state index contributed by atoms with van der Waals surface area (Å²) >= 11 is 0. The number of hydrogen-bond donors (Lipinski definition) is 1. The highest BCUT2D eigenvalue weighted by Crippen LogP contribution is 2.23. The van der Waals surface area contributed by atoms with Gasteiger partial charge in [-0.25, -0.2) is 0 Å². The van der Waals surface area contributed by atoms with E-state index in [1.807, 2.05) is 17.0 Å². The molecule has 0 unspecified atom stereocenters. The Bertz CT molecular complexity index is 426. The second-order valence-corrected chi connectivity index (χ2v) is 4.97. The topological polar surface area (TPSA) is 32.3 Å². The van der Waals surface area contributed by atoms with Crippen LogP contribution in [0, 0.1) is 0 Å². The molecule has 3 nitrogen and oxygen atoms in total. The molecule has 0 atom stereocenters.